The van der Waals surface area contributed by atoms with E-state index >= 15 is 0 Å². The van der Waals surface area contributed by atoms with E-state index in [0.717, 1.165) is 22.5 Å². The number of urea groups is 1. The Kier molecular flexibility index (Phi) is 6.84. The molecule has 0 radical (unpaired) electrons. The number of hydrogen-bond donors (Lipinski definition) is 0. The van der Waals surface area contributed by atoms with Crippen LogP contribution >= 0.6 is 0 Å². The van der Waals surface area contributed by atoms with Gasteiger partial charge in [-0.15, -0.1) is 0 Å². The summed E-state index contributed by atoms with van der Waals surface area (Å²) in [5.74, 6) is 0.0257. The number of carbonyl (C=O) groups excluding carboxylic acids is 3. The first-order chi connectivity index (χ1) is 17.9. The third-order valence-corrected chi connectivity index (χ3v) is 6.94. The van der Waals surface area contributed by atoms with E-state index in [9.17, 15) is 14.4 Å². The molecule has 0 unspecified atom stereocenters. The molecule has 3 aromatic rings. The number of piperidine rings is 1. The number of anilines is 1. The number of carbonyl (C=O) groups is 3. The monoisotopic (exact) mass is 502 g/mol. The minimum absolute atomic E-state index is 0.0349. The van der Waals surface area contributed by atoms with Crippen molar-refractivity contribution >= 4 is 34.4 Å². The number of hydrogen-bond acceptors (Lipinski definition) is 7. The second-order valence-electron chi connectivity index (χ2n) is 9.67. The van der Waals surface area contributed by atoms with Crippen molar-refractivity contribution in [1.82, 2.24) is 24.8 Å². The van der Waals surface area contributed by atoms with Crippen molar-refractivity contribution in [2.75, 3.05) is 38.8 Å². The van der Waals surface area contributed by atoms with Crippen LogP contribution in [0.1, 0.15) is 31.0 Å². The number of methoxy groups -OCH3 is 1. The van der Waals surface area contributed by atoms with Gasteiger partial charge in [0.2, 0.25) is 5.91 Å². The summed E-state index contributed by atoms with van der Waals surface area (Å²) in [6.07, 6.45) is 5.17. The lowest BCUT2D eigenvalue weighted by molar-refractivity contribution is -0.136. The van der Waals surface area contributed by atoms with Crippen LogP contribution in [-0.4, -0.2) is 82.4 Å². The first-order valence-electron chi connectivity index (χ1n) is 12.4. The van der Waals surface area contributed by atoms with Crippen molar-refractivity contribution in [3.8, 4) is 11.3 Å². The summed E-state index contributed by atoms with van der Waals surface area (Å²) in [6, 6.07) is 7.41. The standard InChI is InChI=1S/C27H30N6O4/c1-17(34)12-20-5-4-18(13-28-20)22-6-7-23-25(30-22)26-19(14-29-23)15-31(2)27(36)33(26)21-8-10-32(11-9-21)24(35)16-37-3/h4-7,13-14,21H,8-12,15-16H2,1-3H3. The van der Waals surface area contributed by atoms with Crippen LogP contribution in [0, 0.1) is 0 Å². The lowest BCUT2D eigenvalue weighted by Gasteiger charge is -2.43. The highest BCUT2D eigenvalue weighted by molar-refractivity contribution is 6.04. The first kappa shape index (κ1) is 24.8. The van der Waals surface area contributed by atoms with Crippen molar-refractivity contribution in [2.24, 2.45) is 0 Å². The van der Waals surface area contributed by atoms with Gasteiger partial charge in [0.15, 0.2) is 0 Å². The van der Waals surface area contributed by atoms with E-state index in [1.807, 2.05) is 35.4 Å². The zero-order valence-corrected chi connectivity index (χ0v) is 21.3. The molecule has 5 heterocycles. The van der Waals surface area contributed by atoms with Crippen molar-refractivity contribution in [3.05, 3.63) is 47.9 Å². The average Bonchev–Trinajstić information content (AvgIpc) is 2.89. The Morgan fingerprint density at radius 3 is 2.54 bits per heavy atom. The minimum atomic E-state index is -0.0795. The van der Waals surface area contributed by atoms with E-state index in [-0.39, 0.29) is 30.4 Å². The number of amides is 3. The maximum atomic E-state index is 13.5. The molecule has 37 heavy (non-hydrogen) atoms. The molecular formula is C27H30N6O4. The van der Waals surface area contributed by atoms with Gasteiger partial charge in [0.25, 0.3) is 0 Å². The number of ether oxygens (including phenoxy) is 1. The van der Waals surface area contributed by atoms with E-state index in [4.69, 9.17) is 9.72 Å². The van der Waals surface area contributed by atoms with Crippen molar-refractivity contribution in [2.45, 2.75) is 38.8 Å². The smallest absolute Gasteiger partial charge is 0.324 e. The molecule has 1 saturated heterocycles. The van der Waals surface area contributed by atoms with Gasteiger partial charge in [-0.3, -0.25) is 24.5 Å². The maximum Gasteiger partial charge on any atom is 0.324 e. The number of ketones is 1. The topological polar surface area (TPSA) is 109 Å². The minimum Gasteiger partial charge on any atom is -0.375 e. The molecule has 5 rings (SSSR count). The third kappa shape index (κ3) is 4.89. The number of fused-ring (bicyclic) bond motifs is 3. The SMILES string of the molecule is COCC(=O)N1CCC(N2C(=O)N(C)Cc3cnc4ccc(-c5ccc(CC(C)=O)nc5)nc4c32)CC1. The molecule has 192 valence electrons. The van der Waals surface area contributed by atoms with Crippen molar-refractivity contribution in [3.63, 3.8) is 0 Å². The number of pyridine rings is 3. The van der Waals surface area contributed by atoms with Crippen LogP contribution in [0.3, 0.4) is 0 Å². The maximum absolute atomic E-state index is 13.5. The summed E-state index contributed by atoms with van der Waals surface area (Å²) in [6.45, 7) is 3.19. The van der Waals surface area contributed by atoms with Crippen LogP contribution < -0.4 is 4.90 Å². The van der Waals surface area contributed by atoms with Crippen LogP contribution in [0.15, 0.2) is 36.7 Å². The van der Waals surface area contributed by atoms with Crippen molar-refractivity contribution < 1.29 is 19.1 Å². The lowest BCUT2D eigenvalue weighted by atomic mass is 9.99. The summed E-state index contributed by atoms with van der Waals surface area (Å²) < 4.78 is 5.00. The summed E-state index contributed by atoms with van der Waals surface area (Å²) >= 11 is 0. The number of aromatic nitrogens is 3. The van der Waals surface area contributed by atoms with Gasteiger partial charge < -0.3 is 14.5 Å². The molecule has 0 N–H and O–H groups in total. The molecule has 3 aromatic heterocycles. The third-order valence-electron chi connectivity index (χ3n) is 6.94. The molecule has 0 spiro atoms. The summed E-state index contributed by atoms with van der Waals surface area (Å²) in [5, 5.41) is 0. The highest BCUT2D eigenvalue weighted by Crippen LogP contribution is 2.37. The lowest BCUT2D eigenvalue weighted by Crippen LogP contribution is -2.54. The Bertz CT molecular complexity index is 1350. The molecular weight excluding hydrogens is 472 g/mol. The second kappa shape index (κ2) is 10.2. The van der Waals surface area contributed by atoms with Gasteiger partial charge in [-0.05, 0) is 44.0 Å². The number of rotatable bonds is 6. The molecule has 0 atom stereocenters. The molecule has 0 aliphatic carbocycles. The van der Waals surface area contributed by atoms with Gasteiger partial charge in [0, 0.05) is 68.9 Å². The van der Waals surface area contributed by atoms with Crippen LogP contribution in [-0.2, 0) is 27.3 Å². The zero-order valence-electron chi connectivity index (χ0n) is 21.3. The van der Waals surface area contributed by atoms with Gasteiger partial charge >= 0.3 is 6.03 Å². The number of likely N-dealkylation sites (tertiary alicyclic amines) is 1. The fourth-order valence-corrected chi connectivity index (χ4v) is 5.10. The Labute approximate surface area is 215 Å². The van der Waals surface area contributed by atoms with E-state index in [2.05, 4.69) is 9.97 Å². The van der Waals surface area contributed by atoms with Gasteiger partial charge in [-0.1, -0.05) is 0 Å². The van der Waals surface area contributed by atoms with E-state index in [1.54, 1.807) is 30.0 Å². The van der Waals surface area contributed by atoms with Crippen LogP contribution in [0.4, 0.5) is 10.5 Å². The Balaban J connectivity index is 1.51. The number of nitrogens with zero attached hydrogens (tertiary/aromatic N) is 6. The van der Waals surface area contributed by atoms with E-state index in [1.165, 1.54) is 7.11 Å². The normalized spacial score (nSPS) is 16.3. The van der Waals surface area contributed by atoms with Gasteiger partial charge in [-0.2, -0.15) is 0 Å². The molecule has 0 saturated carbocycles. The largest absolute Gasteiger partial charge is 0.375 e. The Morgan fingerprint density at radius 1 is 1.08 bits per heavy atom. The molecule has 2 aliphatic rings. The molecule has 0 bridgehead atoms. The molecule has 3 amide bonds. The molecule has 10 nitrogen and oxygen atoms in total. The fourth-order valence-electron chi connectivity index (χ4n) is 5.10. The quantitative estimate of drug-likeness (QED) is 0.510. The van der Waals surface area contributed by atoms with Crippen molar-refractivity contribution in [1.29, 1.82) is 0 Å². The molecule has 1 fully saturated rings. The van der Waals surface area contributed by atoms with E-state index in [0.29, 0.717) is 55.6 Å². The fraction of sp³-hybridized carbons (Fsp3) is 0.407. The average molecular weight is 503 g/mol. The summed E-state index contributed by atoms with van der Waals surface area (Å²) in [5.41, 5.74) is 5.36. The summed E-state index contributed by atoms with van der Waals surface area (Å²) in [7, 11) is 3.30. The highest BCUT2D eigenvalue weighted by atomic mass is 16.5. The second-order valence-corrected chi connectivity index (χ2v) is 9.67. The first-order valence-corrected chi connectivity index (χ1v) is 12.4. The summed E-state index contributed by atoms with van der Waals surface area (Å²) in [4.78, 5) is 56.5. The van der Waals surface area contributed by atoms with Crippen LogP contribution in [0.2, 0.25) is 0 Å². The molecule has 10 heteroatoms. The van der Waals surface area contributed by atoms with Gasteiger partial charge in [0.05, 0.1) is 23.4 Å². The predicted octanol–water partition coefficient (Wildman–Crippen LogP) is 2.83. The Hall–Kier alpha value is -3.92. The number of Topliss-reactive ketones (excluding diaryl/α,β-unsaturated/α-hetero) is 1. The molecule has 0 aromatic carbocycles. The van der Waals surface area contributed by atoms with E-state index < -0.39 is 0 Å². The van der Waals surface area contributed by atoms with Gasteiger partial charge in [-0.25, -0.2) is 9.78 Å². The van der Waals surface area contributed by atoms with Gasteiger partial charge in [0.1, 0.15) is 17.9 Å². The van der Waals surface area contributed by atoms with Crippen LogP contribution in [0.5, 0.6) is 0 Å². The molecule has 2 aliphatic heterocycles. The Morgan fingerprint density at radius 2 is 1.86 bits per heavy atom. The highest BCUT2D eigenvalue weighted by Gasteiger charge is 2.37. The van der Waals surface area contributed by atoms with Crippen LogP contribution in [0.25, 0.3) is 22.3 Å². The zero-order chi connectivity index (χ0) is 26.1. The predicted molar refractivity (Wildman–Crippen MR) is 138 cm³/mol.